The van der Waals surface area contributed by atoms with Gasteiger partial charge in [0.05, 0.1) is 10.9 Å². The van der Waals surface area contributed by atoms with Gasteiger partial charge in [-0.15, -0.1) is 0 Å². The van der Waals surface area contributed by atoms with Crippen LogP contribution in [0.4, 0.5) is 5.69 Å². The number of hydrogen-bond acceptors (Lipinski definition) is 3. The number of H-pyrrole nitrogens is 1. The van der Waals surface area contributed by atoms with Gasteiger partial charge in [-0.1, -0.05) is 32.0 Å². The van der Waals surface area contributed by atoms with E-state index in [1.165, 1.54) is 12.4 Å². The van der Waals surface area contributed by atoms with E-state index < -0.39 is 5.91 Å². The fraction of sp³-hybridized carbons (Fsp3) is 0.167. The zero-order valence-electron chi connectivity index (χ0n) is 13.0. The van der Waals surface area contributed by atoms with E-state index in [-0.39, 0.29) is 16.9 Å². The van der Waals surface area contributed by atoms with E-state index >= 15 is 0 Å². The average Bonchev–Trinajstić information content (AvgIpc) is 2.55. The number of anilines is 1. The van der Waals surface area contributed by atoms with Crippen LogP contribution >= 0.6 is 0 Å². The number of para-hydroxylation sites is 1. The van der Waals surface area contributed by atoms with Crippen LogP contribution in [0.2, 0.25) is 0 Å². The van der Waals surface area contributed by atoms with Crippen LogP contribution in [0, 0.1) is 0 Å². The van der Waals surface area contributed by atoms with E-state index in [2.05, 4.69) is 29.1 Å². The predicted octanol–water partition coefficient (Wildman–Crippen LogP) is 3.30. The molecule has 3 rings (SSSR count). The largest absolute Gasteiger partial charge is 0.360 e. The first kappa shape index (κ1) is 15.0. The Morgan fingerprint density at radius 3 is 2.78 bits per heavy atom. The molecule has 0 spiro atoms. The van der Waals surface area contributed by atoms with Crippen LogP contribution in [0.15, 0.2) is 53.7 Å². The highest BCUT2D eigenvalue weighted by molar-refractivity contribution is 6.06. The lowest BCUT2D eigenvalue weighted by Crippen LogP contribution is -2.22. The molecule has 0 aliphatic heterocycles. The number of hydrogen-bond donors (Lipinski definition) is 2. The molecule has 0 aliphatic rings. The van der Waals surface area contributed by atoms with E-state index in [9.17, 15) is 9.59 Å². The minimum absolute atomic E-state index is 0.0732. The molecule has 0 aliphatic carbocycles. The molecule has 5 heteroatoms. The molecule has 0 atom stereocenters. The maximum Gasteiger partial charge on any atom is 0.261 e. The van der Waals surface area contributed by atoms with E-state index in [1.807, 2.05) is 24.3 Å². The van der Waals surface area contributed by atoms with Gasteiger partial charge < -0.3 is 10.3 Å². The second-order valence-corrected chi connectivity index (χ2v) is 5.65. The first-order chi connectivity index (χ1) is 11.1. The lowest BCUT2D eigenvalue weighted by atomic mass is 10.0. The maximum atomic E-state index is 12.5. The summed E-state index contributed by atoms with van der Waals surface area (Å²) in [4.78, 5) is 31.9. The van der Waals surface area contributed by atoms with E-state index in [4.69, 9.17) is 0 Å². The Morgan fingerprint density at radius 2 is 2.00 bits per heavy atom. The predicted molar refractivity (Wildman–Crippen MR) is 90.8 cm³/mol. The average molecular weight is 307 g/mol. The lowest BCUT2D eigenvalue weighted by Gasteiger charge is -2.13. The molecule has 2 heterocycles. The molecule has 0 fully saturated rings. The Bertz CT molecular complexity index is 929. The van der Waals surface area contributed by atoms with Crippen molar-refractivity contribution in [1.82, 2.24) is 9.97 Å². The second-order valence-electron chi connectivity index (χ2n) is 5.65. The van der Waals surface area contributed by atoms with Gasteiger partial charge in [-0.3, -0.25) is 14.6 Å². The van der Waals surface area contributed by atoms with Gasteiger partial charge in [0.15, 0.2) is 0 Å². The summed E-state index contributed by atoms with van der Waals surface area (Å²) < 4.78 is 0. The molecule has 0 bridgehead atoms. The summed E-state index contributed by atoms with van der Waals surface area (Å²) in [5.74, 6) is -0.157. The number of pyridine rings is 2. The fourth-order valence-corrected chi connectivity index (χ4v) is 2.53. The van der Waals surface area contributed by atoms with Crippen molar-refractivity contribution in [2.45, 2.75) is 19.8 Å². The highest BCUT2D eigenvalue weighted by Crippen LogP contribution is 2.24. The van der Waals surface area contributed by atoms with Crippen LogP contribution in [0.1, 0.15) is 35.7 Å². The molecule has 0 saturated carbocycles. The van der Waals surface area contributed by atoms with Crippen molar-refractivity contribution in [3.63, 3.8) is 0 Å². The van der Waals surface area contributed by atoms with Gasteiger partial charge in [-0.25, -0.2) is 0 Å². The first-order valence-electron chi connectivity index (χ1n) is 7.43. The molecular formula is C18H17N3O2. The third-order valence-electron chi connectivity index (χ3n) is 3.76. The number of fused-ring (bicyclic) bond motifs is 1. The highest BCUT2D eigenvalue weighted by atomic mass is 16.2. The highest BCUT2D eigenvalue weighted by Gasteiger charge is 2.15. The molecule has 2 N–H and O–H groups in total. The van der Waals surface area contributed by atoms with Gasteiger partial charge in [-0.2, -0.15) is 0 Å². The smallest absolute Gasteiger partial charge is 0.261 e. The summed E-state index contributed by atoms with van der Waals surface area (Å²) in [6, 6.07) is 9.29. The number of carbonyl (C=O) groups excluding carboxylic acids is 1. The number of aromatic amines is 1. The maximum absolute atomic E-state index is 12.5. The Morgan fingerprint density at radius 1 is 1.22 bits per heavy atom. The Labute approximate surface area is 133 Å². The molecule has 116 valence electrons. The van der Waals surface area contributed by atoms with Crippen LogP contribution in [-0.4, -0.2) is 15.9 Å². The lowest BCUT2D eigenvalue weighted by molar-refractivity contribution is 0.102. The standard InChI is InChI=1S/C18H17N3O2/c1-11(2)12-5-3-4-6-16(12)21-18(23)14-10-20-15-7-8-19-9-13(15)17(14)22/h3-11H,1-2H3,(H,20,22)(H,21,23). The van der Waals surface area contributed by atoms with Crippen molar-refractivity contribution in [3.8, 4) is 0 Å². The van der Waals surface area contributed by atoms with Crippen molar-refractivity contribution in [2.75, 3.05) is 5.32 Å². The molecule has 1 aromatic carbocycles. The Kier molecular flexibility index (Phi) is 3.93. The molecule has 5 nitrogen and oxygen atoms in total. The van der Waals surface area contributed by atoms with Crippen LogP contribution < -0.4 is 10.7 Å². The number of benzene rings is 1. The first-order valence-corrected chi connectivity index (χ1v) is 7.43. The van der Waals surface area contributed by atoms with Crippen LogP contribution in [0.25, 0.3) is 10.9 Å². The zero-order valence-corrected chi connectivity index (χ0v) is 13.0. The summed E-state index contributed by atoms with van der Waals surface area (Å²) >= 11 is 0. The number of rotatable bonds is 3. The van der Waals surface area contributed by atoms with Gasteiger partial charge in [-0.05, 0) is 23.6 Å². The van der Waals surface area contributed by atoms with Crippen molar-refractivity contribution in [3.05, 3.63) is 70.3 Å². The molecule has 2 aromatic heterocycles. The number of nitrogens with zero attached hydrogens (tertiary/aromatic N) is 1. The van der Waals surface area contributed by atoms with Crippen molar-refractivity contribution < 1.29 is 4.79 Å². The molecule has 1 amide bonds. The zero-order chi connectivity index (χ0) is 16.4. The van der Waals surface area contributed by atoms with E-state index in [1.54, 1.807) is 12.3 Å². The third kappa shape index (κ3) is 2.85. The summed E-state index contributed by atoms with van der Waals surface area (Å²) in [6.45, 7) is 4.11. The quantitative estimate of drug-likeness (QED) is 0.779. The van der Waals surface area contributed by atoms with Crippen molar-refractivity contribution >= 4 is 22.5 Å². The van der Waals surface area contributed by atoms with Gasteiger partial charge in [0.25, 0.3) is 5.91 Å². The summed E-state index contributed by atoms with van der Waals surface area (Å²) in [5.41, 5.74) is 2.15. The minimum Gasteiger partial charge on any atom is -0.360 e. The molecule has 0 unspecified atom stereocenters. The topological polar surface area (TPSA) is 74.8 Å². The Hall–Kier alpha value is -2.95. The van der Waals surface area contributed by atoms with Gasteiger partial charge in [0.2, 0.25) is 5.43 Å². The van der Waals surface area contributed by atoms with Gasteiger partial charge in [0, 0.05) is 24.3 Å². The summed E-state index contributed by atoms with van der Waals surface area (Å²) in [6.07, 6.45) is 4.50. The monoisotopic (exact) mass is 307 g/mol. The van der Waals surface area contributed by atoms with E-state index in [0.29, 0.717) is 10.9 Å². The van der Waals surface area contributed by atoms with Crippen molar-refractivity contribution in [2.24, 2.45) is 0 Å². The number of carbonyl (C=O) groups is 1. The molecule has 3 aromatic rings. The summed E-state index contributed by atoms with van der Waals surface area (Å²) in [7, 11) is 0. The molecular weight excluding hydrogens is 290 g/mol. The van der Waals surface area contributed by atoms with E-state index in [0.717, 1.165) is 11.3 Å². The normalized spacial score (nSPS) is 10.9. The number of amides is 1. The van der Waals surface area contributed by atoms with Crippen LogP contribution in [-0.2, 0) is 0 Å². The minimum atomic E-state index is -0.426. The second kappa shape index (κ2) is 6.04. The molecule has 23 heavy (non-hydrogen) atoms. The van der Waals surface area contributed by atoms with Crippen LogP contribution in [0.3, 0.4) is 0 Å². The molecule has 0 saturated heterocycles. The number of aromatic nitrogens is 2. The Balaban J connectivity index is 1.99. The van der Waals surface area contributed by atoms with Gasteiger partial charge >= 0.3 is 0 Å². The molecule has 0 radical (unpaired) electrons. The number of nitrogens with one attached hydrogen (secondary N) is 2. The fourth-order valence-electron chi connectivity index (χ4n) is 2.53. The van der Waals surface area contributed by atoms with Gasteiger partial charge in [0.1, 0.15) is 5.56 Å². The van der Waals surface area contributed by atoms with Crippen molar-refractivity contribution in [1.29, 1.82) is 0 Å². The summed E-state index contributed by atoms with van der Waals surface area (Å²) in [5, 5.41) is 3.23. The SMILES string of the molecule is CC(C)c1ccccc1NC(=O)c1c[nH]c2ccncc2c1=O. The van der Waals surface area contributed by atoms with Crippen LogP contribution in [0.5, 0.6) is 0 Å². The third-order valence-corrected chi connectivity index (χ3v) is 3.76.